The molecule has 2 amide bonds. The third-order valence-electron chi connectivity index (χ3n) is 5.50. The van der Waals surface area contributed by atoms with Gasteiger partial charge in [-0.3, -0.25) is 20.4 Å². The van der Waals surface area contributed by atoms with Gasteiger partial charge in [-0.25, -0.2) is 0 Å². The fourth-order valence-electron chi connectivity index (χ4n) is 3.76. The molecule has 9 heteroatoms. The van der Waals surface area contributed by atoms with E-state index in [0.717, 1.165) is 11.3 Å². The van der Waals surface area contributed by atoms with E-state index in [1.807, 2.05) is 49.4 Å². The SMILES string of the molecule is CCOc1cc(NNC(=O)[C@H]2CC(=O)N(c3ccccc3)C2)cc(Cl)c1OCc1ccc(Cl)cc1. The lowest BCUT2D eigenvalue weighted by atomic mass is 10.1. The Balaban J connectivity index is 1.39. The number of nitrogens with one attached hydrogen (secondary N) is 2. The Morgan fingerprint density at radius 1 is 1.06 bits per heavy atom. The first kappa shape index (κ1) is 24.7. The van der Waals surface area contributed by atoms with Gasteiger partial charge in [-0.05, 0) is 42.8 Å². The molecule has 1 heterocycles. The van der Waals surface area contributed by atoms with Gasteiger partial charge in [-0.15, -0.1) is 0 Å². The highest BCUT2D eigenvalue weighted by molar-refractivity contribution is 6.32. The lowest BCUT2D eigenvalue weighted by molar-refractivity contribution is -0.125. The van der Waals surface area contributed by atoms with E-state index in [1.54, 1.807) is 29.2 Å². The predicted molar refractivity (Wildman–Crippen MR) is 137 cm³/mol. The van der Waals surface area contributed by atoms with Gasteiger partial charge in [0, 0.05) is 29.7 Å². The van der Waals surface area contributed by atoms with Gasteiger partial charge >= 0.3 is 0 Å². The maximum atomic E-state index is 12.7. The zero-order chi connectivity index (χ0) is 24.8. The van der Waals surface area contributed by atoms with Crippen molar-refractivity contribution in [1.82, 2.24) is 5.43 Å². The number of hydrogen-bond donors (Lipinski definition) is 2. The van der Waals surface area contributed by atoms with Crippen molar-refractivity contribution < 1.29 is 19.1 Å². The molecule has 0 spiro atoms. The maximum absolute atomic E-state index is 12.7. The fourth-order valence-corrected chi connectivity index (χ4v) is 4.15. The monoisotopic (exact) mass is 513 g/mol. The third-order valence-corrected chi connectivity index (χ3v) is 6.03. The molecule has 35 heavy (non-hydrogen) atoms. The summed E-state index contributed by atoms with van der Waals surface area (Å²) < 4.78 is 11.6. The summed E-state index contributed by atoms with van der Waals surface area (Å²) in [7, 11) is 0. The van der Waals surface area contributed by atoms with Gasteiger partial charge in [-0.2, -0.15) is 0 Å². The lowest BCUT2D eigenvalue weighted by Crippen LogP contribution is -2.36. The second kappa shape index (κ2) is 11.3. The Hall–Kier alpha value is -3.42. The van der Waals surface area contributed by atoms with E-state index in [0.29, 0.717) is 40.4 Å². The van der Waals surface area contributed by atoms with Crippen LogP contribution in [0.25, 0.3) is 0 Å². The van der Waals surface area contributed by atoms with Gasteiger partial charge in [0.05, 0.1) is 23.2 Å². The second-order valence-corrected chi connectivity index (χ2v) is 8.83. The molecule has 3 aromatic rings. The molecule has 0 radical (unpaired) electrons. The van der Waals surface area contributed by atoms with Crippen LogP contribution < -0.4 is 25.2 Å². The summed E-state index contributed by atoms with van der Waals surface area (Å²) >= 11 is 12.4. The number of rotatable bonds is 9. The molecule has 182 valence electrons. The van der Waals surface area contributed by atoms with Crippen LogP contribution in [0.3, 0.4) is 0 Å². The molecule has 0 aliphatic carbocycles. The Kier molecular flexibility index (Phi) is 8.00. The second-order valence-electron chi connectivity index (χ2n) is 7.99. The van der Waals surface area contributed by atoms with Gasteiger partial charge in [0.1, 0.15) is 6.61 Å². The number of halogens is 2. The van der Waals surface area contributed by atoms with Crippen molar-refractivity contribution in [2.45, 2.75) is 20.0 Å². The first-order valence-electron chi connectivity index (χ1n) is 11.2. The summed E-state index contributed by atoms with van der Waals surface area (Å²) in [6.07, 6.45) is 0.144. The molecule has 1 saturated heterocycles. The Bertz CT molecular complexity index is 1190. The van der Waals surface area contributed by atoms with E-state index in [4.69, 9.17) is 32.7 Å². The van der Waals surface area contributed by atoms with Crippen LogP contribution in [0.15, 0.2) is 66.7 Å². The van der Waals surface area contributed by atoms with Crippen LogP contribution in [-0.2, 0) is 16.2 Å². The summed E-state index contributed by atoms with van der Waals surface area (Å²) in [5, 5.41) is 0.974. The number of carbonyl (C=O) groups is 2. The van der Waals surface area contributed by atoms with Crippen LogP contribution in [0.4, 0.5) is 11.4 Å². The zero-order valence-corrected chi connectivity index (χ0v) is 20.6. The summed E-state index contributed by atoms with van der Waals surface area (Å²) in [6.45, 7) is 2.87. The number of hydrazine groups is 1. The van der Waals surface area contributed by atoms with Gasteiger partial charge in [0.25, 0.3) is 0 Å². The number of benzene rings is 3. The van der Waals surface area contributed by atoms with Crippen LogP contribution in [0.2, 0.25) is 10.0 Å². The molecule has 1 aliphatic heterocycles. The molecule has 1 atom stereocenters. The fraction of sp³-hybridized carbons (Fsp3) is 0.231. The molecular weight excluding hydrogens is 489 g/mol. The molecule has 0 saturated carbocycles. The van der Waals surface area contributed by atoms with Crippen molar-refractivity contribution in [2.24, 2.45) is 5.92 Å². The third kappa shape index (κ3) is 6.18. The molecule has 1 fully saturated rings. The standard InChI is InChI=1S/C26H25Cl2N3O4/c1-2-34-23-14-20(13-22(28)25(23)35-16-17-8-10-19(27)11-9-17)29-30-26(33)18-12-24(32)31(15-18)21-6-4-3-5-7-21/h3-11,13-14,18,29H,2,12,15-16H2,1H3,(H,30,33)/t18-/m0/s1. The van der Waals surface area contributed by atoms with Crippen LogP contribution in [0.1, 0.15) is 18.9 Å². The predicted octanol–water partition coefficient (Wildman–Crippen LogP) is 5.47. The molecule has 2 N–H and O–H groups in total. The minimum Gasteiger partial charge on any atom is -0.490 e. The summed E-state index contributed by atoms with van der Waals surface area (Å²) in [5.74, 6) is 0.00501. The molecular formula is C26H25Cl2N3O4. The van der Waals surface area contributed by atoms with Crippen molar-refractivity contribution in [1.29, 1.82) is 0 Å². The maximum Gasteiger partial charge on any atom is 0.243 e. The minimum absolute atomic E-state index is 0.0831. The molecule has 0 aromatic heterocycles. The minimum atomic E-state index is -0.473. The van der Waals surface area contributed by atoms with E-state index in [2.05, 4.69) is 10.9 Å². The van der Waals surface area contributed by atoms with Gasteiger partial charge < -0.3 is 14.4 Å². The van der Waals surface area contributed by atoms with Crippen molar-refractivity contribution in [3.8, 4) is 11.5 Å². The van der Waals surface area contributed by atoms with Crippen LogP contribution >= 0.6 is 23.2 Å². The number of para-hydroxylation sites is 1. The Labute approximate surface area is 213 Å². The molecule has 0 unspecified atom stereocenters. The zero-order valence-electron chi connectivity index (χ0n) is 19.1. The largest absolute Gasteiger partial charge is 0.490 e. The topological polar surface area (TPSA) is 79.9 Å². The lowest BCUT2D eigenvalue weighted by Gasteiger charge is -2.18. The van der Waals surface area contributed by atoms with E-state index < -0.39 is 5.92 Å². The highest BCUT2D eigenvalue weighted by Gasteiger charge is 2.35. The van der Waals surface area contributed by atoms with Gasteiger partial charge in [0.2, 0.25) is 11.8 Å². The van der Waals surface area contributed by atoms with Gasteiger partial charge in [0.15, 0.2) is 11.5 Å². The van der Waals surface area contributed by atoms with Crippen LogP contribution in [-0.4, -0.2) is 25.0 Å². The van der Waals surface area contributed by atoms with Crippen molar-refractivity contribution >= 4 is 46.4 Å². The molecule has 3 aromatic carbocycles. The summed E-state index contributed by atoms with van der Waals surface area (Å²) in [4.78, 5) is 26.8. The number of ether oxygens (including phenoxy) is 2. The van der Waals surface area contributed by atoms with E-state index >= 15 is 0 Å². The Morgan fingerprint density at radius 2 is 1.80 bits per heavy atom. The molecule has 1 aliphatic rings. The normalized spacial score (nSPS) is 15.1. The summed E-state index contributed by atoms with van der Waals surface area (Å²) in [6, 6.07) is 20.0. The average molecular weight is 514 g/mol. The van der Waals surface area contributed by atoms with E-state index in [1.165, 1.54) is 0 Å². The molecule has 7 nitrogen and oxygen atoms in total. The quantitative estimate of drug-likeness (QED) is 0.371. The smallest absolute Gasteiger partial charge is 0.243 e. The highest BCUT2D eigenvalue weighted by atomic mass is 35.5. The number of carbonyl (C=O) groups excluding carboxylic acids is 2. The highest BCUT2D eigenvalue weighted by Crippen LogP contribution is 2.39. The summed E-state index contributed by atoms with van der Waals surface area (Å²) in [5.41, 5.74) is 7.78. The number of hydrogen-bond acceptors (Lipinski definition) is 5. The Morgan fingerprint density at radius 3 is 2.51 bits per heavy atom. The van der Waals surface area contributed by atoms with Crippen molar-refractivity contribution in [2.75, 3.05) is 23.5 Å². The van der Waals surface area contributed by atoms with E-state index in [-0.39, 0.29) is 24.8 Å². The first-order valence-corrected chi connectivity index (χ1v) is 11.9. The van der Waals surface area contributed by atoms with Crippen molar-refractivity contribution in [3.63, 3.8) is 0 Å². The average Bonchev–Trinajstić information content (AvgIpc) is 3.25. The first-order chi connectivity index (χ1) is 16.9. The molecule has 0 bridgehead atoms. The number of amides is 2. The molecule has 4 rings (SSSR count). The van der Waals surface area contributed by atoms with Crippen molar-refractivity contribution in [3.05, 3.63) is 82.3 Å². The van der Waals surface area contributed by atoms with Crippen LogP contribution in [0.5, 0.6) is 11.5 Å². The van der Waals surface area contributed by atoms with Gasteiger partial charge in [-0.1, -0.05) is 53.5 Å². The number of anilines is 2. The van der Waals surface area contributed by atoms with Crippen LogP contribution in [0, 0.1) is 5.92 Å². The van der Waals surface area contributed by atoms with E-state index in [9.17, 15) is 9.59 Å². The number of nitrogens with zero attached hydrogens (tertiary/aromatic N) is 1.